The zero-order chi connectivity index (χ0) is 12.4. The maximum atomic E-state index is 9.42. The number of fused-ring (bicyclic) bond motifs is 1. The molecule has 0 spiro atoms. The van der Waals surface area contributed by atoms with Gasteiger partial charge in [0, 0.05) is 13.0 Å². The minimum Gasteiger partial charge on any atom is -0.396 e. The molecule has 6 unspecified atom stereocenters. The maximum absolute atomic E-state index is 9.42. The van der Waals surface area contributed by atoms with Crippen LogP contribution in [-0.2, 0) is 18.9 Å². The molecule has 5 nitrogen and oxygen atoms in total. The van der Waals surface area contributed by atoms with Crippen molar-refractivity contribution in [2.24, 2.45) is 11.8 Å². The molecule has 0 amide bonds. The van der Waals surface area contributed by atoms with E-state index >= 15 is 0 Å². The highest BCUT2D eigenvalue weighted by Crippen LogP contribution is 2.37. The molecule has 0 aliphatic carbocycles. The first-order valence-corrected chi connectivity index (χ1v) is 6.88. The highest BCUT2D eigenvalue weighted by atomic mass is 31.1. The van der Waals surface area contributed by atoms with Crippen molar-refractivity contribution in [1.82, 2.24) is 0 Å². The molecule has 98 valence electrons. The molecular formula is C11H19O5P. The van der Waals surface area contributed by atoms with Gasteiger partial charge in [-0.15, -0.1) is 0 Å². The van der Waals surface area contributed by atoms with Crippen molar-refractivity contribution in [2.75, 3.05) is 20.3 Å². The van der Waals surface area contributed by atoms with Crippen LogP contribution in [0.25, 0.3) is 0 Å². The van der Waals surface area contributed by atoms with Crippen molar-refractivity contribution in [3.8, 4) is 0 Å². The molecule has 17 heavy (non-hydrogen) atoms. The van der Waals surface area contributed by atoms with Gasteiger partial charge in [0.05, 0.1) is 19.3 Å². The summed E-state index contributed by atoms with van der Waals surface area (Å²) in [6.45, 7) is 2.56. The van der Waals surface area contributed by atoms with E-state index in [2.05, 4.69) is 13.2 Å². The molecule has 6 atom stereocenters. The molecule has 0 aromatic heterocycles. The van der Waals surface area contributed by atoms with Crippen molar-refractivity contribution in [3.05, 3.63) is 0 Å². The van der Waals surface area contributed by atoms with Gasteiger partial charge in [-0.25, -0.2) is 0 Å². The fraction of sp³-hybridized carbons (Fsp3) is 0.909. The van der Waals surface area contributed by atoms with Crippen LogP contribution in [-0.4, -0.2) is 56.3 Å². The first kappa shape index (κ1) is 13.4. The Bertz CT molecular complexity index is 275. The Hall–Kier alpha value is -0.0300. The van der Waals surface area contributed by atoms with Crippen LogP contribution in [0.5, 0.6) is 0 Å². The van der Waals surface area contributed by atoms with Gasteiger partial charge < -0.3 is 24.1 Å². The predicted octanol–water partition coefficient (Wildman–Crippen LogP) is 0.679. The molecular weight excluding hydrogens is 243 g/mol. The van der Waals surface area contributed by atoms with Crippen molar-refractivity contribution in [2.45, 2.75) is 31.5 Å². The summed E-state index contributed by atoms with van der Waals surface area (Å²) in [6.07, 6.45) is 3.17. The highest BCUT2D eigenvalue weighted by molar-refractivity contribution is 7.36. The van der Waals surface area contributed by atoms with Crippen LogP contribution in [0.15, 0.2) is 0 Å². The number of aliphatic hydroxyl groups excluding tert-OH is 1. The van der Waals surface area contributed by atoms with E-state index in [1.54, 1.807) is 7.11 Å². The maximum Gasteiger partial charge on any atom is 0.200 e. The lowest BCUT2D eigenvalue weighted by Gasteiger charge is -2.47. The lowest BCUT2D eigenvalue weighted by Crippen LogP contribution is -2.57. The first-order valence-electron chi connectivity index (χ1n) is 5.73. The number of rotatable bonds is 3. The third kappa shape index (κ3) is 2.55. The first-order chi connectivity index (χ1) is 8.21. The van der Waals surface area contributed by atoms with Crippen LogP contribution in [0.1, 0.15) is 6.92 Å². The third-order valence-corrected chi connectivity index (χ3v) is 4.06. The number of hydrogen-bond acceptors (Lipinski definition) is 5. The number of ether oxygens (including phenoxy) is 4. The molecule has 2 fully saturated rings. The molecule has 0 aromatic rings. The minimum absolute atomic E-state index is 0.0276. The summed E-state index contributed by atoms with van der Waals surface area (Å²) in [6, 6.07) is -0.291. The molecule has 0 radical (unpaired) electrons. The molecule has 0 bridgehead atoms. The summed E-state index contributed by atoms with van der Waals surface area (Å²) < 4.78 is 22.3. The zero-order valence-electron chi connectivity index (χ0n) is 10.1. The Labute approximate surface area is 103 Å². The number of hydrogen-bond donors (Lipinski definition) is 1. The van der Waals surface area contributed by atoms with Gasteiger partial charge in [0.15, 0.2) is 12.3 Å². The minimum atomic E-state index is -0.391. The van der Waals surface area contributed by atoms with E-state index in [0.29, 0.717) is 6.61 Å². The Kier molecular flexibility index (Phi) is 4.53. The van der Waals surface area contributed by atoms with Crippen molar-refractivity contribution >= 4 is 14.5 Å². The summed E-state index contributed by atoms with van der Waals surface area (Å²) in [4.78, 5) is 0. The number of methoxy groups -OCH3 is 1. The fourth-order valence-electron chi connectivity index (χ4n) is 2.46. The predicted molar refractivity (Wildman–Crippen MR) is 64.1 cm³/mol. The normalized spacial score (nSPS) is 46.8. The van der Waals surface area contributed by atoms with Crippen LogP contribution < -0.4 is 0 Å². The molecule has 2 rings (SSSR count). The Morgan fingerprint density at radius 2 is 2.24 bits per heavy atom. The molecule has 0 saturated carbocycles. The average molecular weight is 262 g/mol. The highest BCUT2D eigenvalue weighted by Gasteiger charge is 2.47. The van der Waals surface area contributed by atoms with Crippen LogP contribution in [0.4, 0.5) is 0 Å². The quantitative estimate of drug-likeness (QED) is 0.758. The van der Waals surface area contributed by atoms with E-state index in [1.807, 2.05) is 0 Å². The van der Waals surface area contributed by atoms with Crippen LogP contribution >= 0.6 is 8.20 Å². The van der Waals surface area contributed by atoms with Gasteiger partial charge >= 0.3 is 0 Å². The zero-order valence-corrected chi connectivity index (χ0v) is 11.0. The Balaban J connectivity index is 2.10. The van der Waals surface area contributed by atoms with E-state index < -0.39 is 6.29 Å². The summed E-state index contributed by atoms with van der Waals surface area (Å²) >= 11 is 0. The van der Waals surface area contributed by atoms with Gasteiger partial charge in [0.2, 0.25) is 0 Å². The van der Waals surface area contributed by atoms with Gasteiger partial charge in [-0.05, 0) is 14.1 Å². The fourth-order valence-corrected chi connectivity index (χ4v) is 2.87. The molecule has 2 heterocycles. The molecule has 0 aromatic carbocycles. The van der Waals surface area contributed by atoms with E-state index in [1.165, 1.54) is 0 Å². The van der Waals surface area contributed by atoms with Gasteiger partial charge in [-0.1, -0.05) is 13.2 Å². The molecule has 2 saturated heterocycles. The molecule has 2 aliphatic heterocycles. The van der Waals surface area contributed by atoms with Gasteiger partial charge in [-0.2, -0.15) is 0 Å². The lowest BCUT2D eigenvalue weighted by atomic mass is 9.83. The Morgan fingerprint density at radius 3 is 2.82 bits per heavy atom. The van der Waals surface area contributed by atoms with Gasteiger partial charge in [0.1, 0.15) is 6.10 Å². The van der Waals surface area contributed by atoms with E-state index in [0.717, 1.165) is 8.20 Å². The topological polar surface area (TPSA) is 57.2 Å². The standard InChI is InChI=1S/C11H19O5P/c1-6-7(4-12)10(13-2)15-8-5-14-11(17-3)16-9(6)8/h6-12H,3-5H2,1-2H3. The van der Waals surface area contributed by atoms with Gasteiger partial charge in [-0.3, -0.25) is 0 Å². The van der Waals surface area contributed by atoms with Crippen molar-refractivity contribution < 1.29 is 24.1 Å². The largest absolute Gasteiger partial charge is 0.396 e. The Morgan fingerprint density at radius 1 is 1.47 bits per heavy atom. The average Bonchev–Trinajstić information content (AvgIpc) is 2.38. The summed E-state index contributed by atoms with van der Waals surface area (Å²) in [7, 11) is 2.40. The SMILES string of the molecule is C=PC1OCC2OC(OC)C(CO)C(C)C2O1. The molecule has 1 N–H and O–H groups in total. The lowest BCUT2D eigenvalue weighted by molar-refractivity contribution is -0.323. The monoisotopic (exact) mass is 262 g/mol. The molecule has 6 heteroatoms. The second-order valence-corrected chi connectivity index (χ2v) is 5.19. The summed E-state index contributed by atoms with van der Waals surface area (Å²) in [5.74, 6) is 0.0957. The van der Waals surface area contributed by atoms with Crippen LogP contribution in [0.3, 0.4) is 0 Å². The summed E-state index contributed by atoms with van der Waals surface area (Å²) in [5, 5.41) is 9.42. The van der Waals surface area contributed by atoms with E-state index in [4.69, 9.17) is 18.9 Å². The number of aliphatic hydroxyl groups is 1. The second kappa shape index (κ2) is 5.74. The molecule has 2 aliphatic rings. The van der Waals surface area contributed by atoms with Crippen molar-refractivity contribution in [3.63, 3.8) is 0 Å². The van der Waals surface area contributed by atoms with Crippen LogP contribution in [0, 0.1) is 11.8 Å². The third-order valence-electron chi connectivity index (χ3n) is 3.49. The summed E-state index contributed by atoms with van der Waals surface area (Å²) in [5.41, 5.74) is 0. The van der Waals surface area contributed by atoms with E-state index in [9.17, 15) is 5.11 Å². The van der Waals surface area contributed by atoms with E-state index in [-0.39, 0.29) is 36.7 Å². The van der Waals surface area contributed by atoms with Crippen molar-refractivity contribution in [1.29, 1.82) is 0 Å². The van der Waals surface area contributed by atoms with Crippen LogP contribution in [0.2, 0.25) is 0 Å². The smallest absolute Gasteiger partial charge is 0.200 e. The van der Waals surface area contributed by atoms with Gasteiger partial charge in [0.25, 0.3) is 0 Å². The second-order valence-electron chi connectivity index (χ2n) is 4.41.